The van der Waals surface area contributed by atoms with Crippen molar-refractivity contribution in [2.75, 3.05) is 7.11 Å². The van der Waals surface area contributed by atoms with E-state index in [0.29, 0.717) is 11.4 Å². The summed E-state index contributed by atoms with van der Waals surface area (Å²) in [6.45, 7) is 0. The summed E-state index contributed by atoms with van der Waals surface area (Å²) in [4.78, 5) is 4.13. The first-order valence-electron chi connectivity index (χ1n) is 5.94. The van der Waals surface area contributed by atoms with Crippen LogP contribution in [0, 0.1) is 0 Å². The summed E-state index contributed by atoms with van der Waals surface area (Å²) < 4.78 is 6.31. The number of hydrogen-bond donors (Lipinski definition) is 1. The van der Waals surface area contributed by atoms with E-state index in [1.54, 1.807) is 30.7 Å². The van der Waals surface area contributed by atoms with Crippen LogP contribution < -0.4 is 4.74 Å². The number of hydrogen-bond acceptors (Lipinski definition) is 4. The summed E-state index contributed by atoms with van der Waals surface area (Å²) in [6, 6.07) is 11.6. The molecule has 0 aliphatic heterocycles. The van der Waals surface area contributed by atoms with Crippen LogP contribution in [0.2, 0.25) is 0 Å². The number of aliphatic hydroxyl groups excluding tert-OH is 1. The number of fused-ring (bicyclic) bond motifs is 1. The number of thiophene rings is 1. The highest BCUT2D eigenvalue weighted by Crippen LogP contribution is 2.34. The molecule has 1 N–H and O–H groups in total. The Kier molecular flexibility index (Phi) is 3.19. The minimum atomic E-state index is -0.731. The Morgan fingerprint density at radius 2 is 2.00 bits per heavy atom. The van der Waals surface area contributed by atoms with Crippen molar-refractivity contribution in [3.05, 3.63) is 59.1 Å². The average molecular weight is 271 g/mol. The molecule has 0 radical (unpaired) electrons. The topological polar surface area (TPSA) is 42.4 Å². The maximum Gasteiger partial charge on any atom is 0.219 e. The number of aliphatic hydroxyl groups is 1. The molecular weight excluding hydrogens is 258 g/mol. The van der Waals surface area contributed by atoms with Gasteiger partial charge in [-0.15, -0.1) is 11.3 Å². The molecule has 1 aromatic carbocycles. The van der Waals surface area contributed by atoms with Gasteiger partial charge in [0.25, 0.3) is 0 Å². The number of pyridine rings is 1. The van der Waals surface area contributed by atoms with E-state index >= 15 is 0 Å². The van der Waals surface area contributed by atoms with Gasteiger partial charge in [0.15, 0.2) is 0 Å². The molecule has 0 aliphatic rings. The van der Waals surface area contributed by atoms with Gasteiger partial charge in [0.1, 0.15) is 6.10 Å². The lowest BCUT2D eigenvalue weighted by Gasteiger charge is -2.14. The van der Waals surface area contributed by atoms with E-state index in [4.69, 9.17) is 4.74 Å². The predicted molar refractivity (Wildman–Crippen MR) is 76.7 cm³/mol. The lowest BCUT2D eigenvalue weighted by molar-refractivity contribution is 0.215. The molecular formula is C15H13NO2S. The molecule has 3 aromatic rings. The fraction of sp³-hybridized carbons (Fsp3) is 0.133. The minimum absolute atomic E-state index is 0.462. The van der Waals surface area contributed by atoms with E-state index in [1.807, 2.05) is 29.6 Å². The second-order valence-corrected chi connectivity index (χ2v) is 5.11. The van der Waals surface area contributed by atoms with Crippen molar-refractivity contribution >= 4 is 21.4 Å². The predicted octanol–water partition coefficient (Wildman–Crippen LogP) is 3.39. The van der Waals surface area contributed by atoms with Crippen LogP contribution >= 0.6 is 11.3 Å². The monoisotopic (exact) mass is 271 g/mol. The van der Waals surface area contributed by atoms with Gasteiger partial charge in [-0.1, -0.05) is 18.2 Å². The lowest BCUT2D eigenvalue weighted by Crippen LogP contribution is -2.03. The fourth-order valence-corrected chi connectivity index (χ4v) is 3.12. The van der Waals surface area contributed by atoms with E-state index in [0.717, 1.165) is 15.6 Å². The van der Waals surface area contributed by atoms with Gasteiger partial charge in [0.2, 0.25) is 5.88 Å². The number of ether oxygens (including phenoxy) is 1. The molecule has 0 saturated carbocycles. The van der Waals surface area contributed by atoms with E-state index < -0.39 is 6.10 Å². The maximum atomic E-state index is 10.6. The van der Waals surface area contributed by atoms with Gasteiger partial charge < -0.3 is 9.84 Å². The van der Waals surface area contributed by atoms with Crippen molar-refractivity contribution in [1.29, 1.82) is 0 Å². The first-order chi connectivity index (χ1) is 9.31. The third-order valence-electron chi connectivity index (χ3n) is 3.09. The first-order valence-corrected chi connectivity index (χ1v) is 6.82. The molecule has 1 atom stereocenters. The summed E-state index contributed by atoms with van der Waals surface area (Å²) in [5, 5.41) is 13.8. The molecule has 96 valence electrons. The average Bonchev–Trinajstić information content (AvgIpc) is 2.94. The third-order valence-corrected chi connectivity index (χ3v) is 4.07. The molecule has 19 heavy (non-hydrogen) atoms. The molecule has 3 rings (SSSR count). The van der Waals surface area contributed by atoms with Crippen LogP contribution in [0.25, 0.3) is 10.1 Å². The summed E-state index contributed by atoms with van der Waals surface area (Å²) in [5.74, 6) is 0.462. The summed E-state index contributed by atoms with van der Waals surface area (Å²) in [5.41, 5.74) is 1.57. The molecule has 1 unspecified atom stereocenters. The van der Waals surface area contributed by atoms with Crippen molar-refractivity contribution < 1.29 is 9.84 Å². The quantitative estimate of drug-likeness (QED) is 0.794. The van der Waals surface area contributed by atoms with Gasteiger partial charge in [-0.25, -0.2) is 4.98 Å². The molecule has 4 heteroatoms. The number of benzene rings is 1. The maximum absolute atomic E-state index is 10.6. The Bertz CT molecular complexity index is 708. The fourth-order valence-electron chi connectivity index (χ4n) is 2.18. The van der Waals surface area contributed by atoms with Gasteiger partial charge in [-0.2, -0.15) is 0 Å². The minimum Gasteiger partial charge on any atom is -0.481 e. The lowest BCUT2D eigenvalue weighted by atomic mass is 10.0. The highest BCUT2D eigenvalue weighted by molar-refractivity contribution is 7.17. The Hall–Kier alpha value is -1.91. The Morgan fingerprint density at radius 3 is 2.84 bits per heavy atom. The normalized spacial score (nSPS) is 12.5. The number of nitrogens with zero attached hydrogens (tertiary/aromatic N) is 1. The molecule has 0 fully saturated rings. The second kappa shape index (κ2) is 4.99. The zero-order valence-electron chi connectivity index (χ0n) is 10.4. The largest absolute Gasteiger partial charge is 0.481 e. The zero-order valence-corrected chi connectivity index (χ0v) is 11.2. The zero-order chi connectivity index (χ0) is 13.2. The first kappa shape index (κ1) is 12.1. The highest BCUT2D eigenvalue weighted by atomic mass is 32.1. The summed E-state index contributed by atoms with van der Waals surface area (Å²) >= 11 is 1.63. The van der Waals surface area contributed by atoms with E-state index in [2.05, 4.69) is 11.1 Å². The second-order valence-electron chi connectivity index (χ2n) is 4.19. The van der Waals surface area contributed by atoms with Gasteiger partial charge in [-0.3, -0.25) is 0 Å². The number of rotatable bonds is 3. The molecule has 0 saturated heterocycles. The standard InChI is InChI=1S/C15H13NO2S/c1-18-15-12(6-3-8-16-15)13(17)11-5-2-4-10-7-9-19-14(10)11/h2-9,13,17H,1H3. The van der Waals surface area contributed by atoms with Crippen molar-refractivity contribution in [2.45, 2.75) is 6.10 Å². The van der Waals surface area contributed by atoms with Crippen LogP contribution in [0.5, 0.6) is 5.88 Å². The Labute approximate surface area is 115 Å². The van der Waals surface area contributed by atoms with Gasteiger partial charge in [-0.05, 0) is 29.0 Å². The highest BCUT2D eigenvalue weighted by Gasteiger charge is 2.18. The van der Waals surface area contributed by atoms with Crippen molar-refractivity contribution in [3.8, 4) is 5.88 Å². The summed E-state index contributed by atoms with van der Waals surface area (Å²) in [7, 11) is 1.56. The van der Waals surface area contributed by atoms with Crippen molar-refractivity contribution in [2.24, 2.45) is 0 Å². The van der Waals surface area contributed by atoms with Gasteiger partial charge >= 0.3 is 0 Å². The van der Waals surface area contributed by atoms with Crippen LogP contribution in [0.3, 0.4) is 0 Å². The van der Waals surface area contributed by atoms with Crippen LogP contribution in [0.1, 0.15) is 17.2 Å². The van der Waals surface area contributed by atoms with E-state index in [-0.39, 0.29) is 0 Å². The molecule has 0 spiro atoms. The SMILES string of the molecule is COc1ncccc1C(O)c1cccc2ccsc12. The molecule has 2 aromatic heterocycles. The van der Waals surface area contributed by atoms with E-state index in [9.17, 15) is 5.11 Å². The molecule has 0 aliphatic carbocycles. The third kappa shape index (κ3) is 2.09. The smallest absolute Gasteiger partial charge is 0.219 e. The Morgan fingerprint density at radius 1 is 1.16 bits per heavy atom. The molecule has 0 amide bonds. The molecule has 3 nitrogen and oxygen atoms in total. The van der Waals surface area contributed by atoms with Crippen LogP contribution in [-0.2, 0) is 0 Å². The number of methoxy groups -OCH3 is 1. The van der Waals surface area contributed by atoms with E-state index in [1.165, 1.54) is 0 Å². The van der Waals surface area contributed by atoms with Crippen molar-refractivity contribution in [1.82, 2.24) is 4.98 Å². The Balaban J connectivity index is 2.13. The van der Waals surface area contributed by atoms with Crippen LogP contribution in [0.4, 0.5) is 0 Å². The van der Waals surface area contributed by atoms with Crippen molar-refractivity contribution in [3.63, 3.8) is 0 Å². The summed E-state index contributed by atoms with van der Waals surface area (Å²) in [6.07, 6.45) is 0.923. The van der Waals surface area contributed by atoms with Gasteiger partial charge in [0, 0.05) is 22.0 Å². The molecule has 2 heterocycles. The van der Waals surface area contributed by atoms with Crippen LogP contribution in [-0.4, -0.2) is 17.2 Å². The molecule has 0 bridgehead atoms. The van der Waals surface area contributed by atoms with Gasteiger partial charge in [0.05, 0.1) is 7.11 Å². The van der Waals surface area contributed by atoms with Crippen LogP contribution in [0.15, 0.2) is 48.0 Å². The number of aromatic nitrogens is 1.